The number of hydrogen-bond donors (Lipinski definition) is 1. The largest absolute Gasteiger partial charge is 0.369 e. The Hall–Kier alpha value is -2.30. The number of amides is 1. The van der Waals surface area contributed by atoms with Gasteiger partial charge in [-0.1, -0.05) is 0 Å². The van der Waals surface area contributed by atoms with Gasteiger partial charge in [-0.05, 0) is 72.7 Å². The predicted molar refractivity (Wildman–Crippen MR) is 105 cm³/mol. The number of carbonyl (C=O) groups is 1. The van der Waals surface area contributed by atoms with Crippen molar-refractivity contribution in [2.75, 3.05) is 16.8 Å². The fourth-order valence-electron chi connectivity index (χ4n) is 3.18. The fourth-order valence-corrected chi connectivity index (χ4v) is 3.18. The van der Waals surface area contributed by atoms with Gasteiger partial charge in [0.25, 0.3) is 5.91 Å². The zero-order chi connectivity index (χ0) is 18.7. The van der Waals surface area contributed by atoms with Crippen molar-refractivity contribution < 1.29 is 4.79 Å². The van der Waals surface area contributed by atoms with Gasteiger partial charge in [0.2, 0.25) is 0 Å². The maximum absolute atomic E-state index is 12.6. The van der Waals surface area contributed by atoms with Crippen molar-refractivity contribution in [1.29, 1.82) is 0 Å². The minimum Gasteiger partial charge on any atom is -0.369 e. The molecule has 1 aromatic carbocycles. The summed E-state index contributed by atoms with van der Waals surface area (Å²) in [5.41, 5.74) is 4.41. The van der Waals surface area contributed by atoms with E-state index in [1.54, 1.807) is 0 Å². The normalized spacial score (nSPS) is 11.2. The topological polar surface area (TPSA) is 50.2 Å². The van der Waals surface area contributed by atoms with Crippen molar-refractivity contribution in [3.63, 3.8) is 0 Å². The molecule has 5 heteroatoms. The molecule has 1 heterocycles. The third kappa shape index (κ3) is 4.03. The Labute approximate surface area is 151 Å². The monoisotopic (exact) mass is 342 g/mol. The second kappa shape index (κ2) is 7.72. The van der Waals surface area contributed by atoms with Crippen LogP contribution in [0, 0.1) is 13.8 Å². The molecule has 0 spiro atoms. The van der Waals surface area contributed by atoms with Crippen LogP contribution in [-0.2, 0) is 0 Å². The second-order valence-corrected chi connectivity index (χ2v) is 6.96. The molecular formula is C20H30N4O. The van der Waals surface area contributed by atoms with E-state index in [9.17, 15) is 4.79 Å². The average molecular weight is 342 g/mol. The molecule has 0 saturated carbocycles. The van der Waals surface area contributed by atoms with Gasteiger partial charge in [-0.25, -0.2) is 0 Å². The molecule has 0 aliphatic carbocycles. The first-order valence-electron chi connectivity index (χ1n) is 9.00. The van der Waals surface area contributed by atoms with E-state index in [2.05, 4.69) is 49.9 Å². The molecule has 2 rings (SSSR count). The predicted octanol–water partition coefficient (Wildman–Crippen LogP) is 4.57. The summed E-state index contributed by atoms with van der Waals surface area (Å²) in [5.74, 6) is -0.103. The molecule has 0 saturated heterocycles. The molecule has 1 aromatic heterocycles. The van der Waals surface area contributed by atoms with Crippen molar-refractivity contribution >= 4 is 17.3 Å². The summed E-state index contributed by atoms with van der Waals surface area (Å²) in [7, 11) is 0. The molecule has 136 valence electrons. The van der Waals surface area contributed by atoms with Crippen LogP contribution in [0.5, 0.6) is 0 Å². The summed E-state index contributed by atoms with van der Waals surface area (Å²) >= 11 is 0. The van der Waals surface area contributed by atoms with Gasteiger partial charge >= 0.3 is 0 Å². The highest BCUT2D eigenvalue weighted by molar-refractivity contribution is 6.05. The standard InChI is InChI=1S/C20H30N4O/c1-8-23(13(2)3)18-11-9-17(10-12-18)20(25)21-19-15(6)22-24(14(4)5)16(19)7/h9-14H,8H2,1-7H3,(H,21,25). The highest BCUT2D eigenvalue weighted by Crippen LogP contribution is 2.24. The first-order chi connectivity index (χ1) is 11.8. The molecule has 0 bridgehead atoms. The lowest BCUT2D eigenvalue weighted by Crippen LogP contribution is -2.30. The molecule has 0 fully saturated rings. The lowest BCUT2D eigenvalue weighted by atomic mass is 10.1. The number of anilines is 2. The number of aromatic nitrogens is 2. The third-order valence-electron chi connectivity index (χ3n) is 4.48. The maximum Gasteiger partial charge on any atom is 0.255 e. The minimum atomic E-state index is -0.103. The van der Waals surface area contributed by atoms with Gasteiger partial charge in [-0.15, -0.1) is 0 Å². The molecule has 1 N–H and O–H groups in total. The minimum absolute atomic E-state index is 0.103. The molecule has 0 aliphatic heterocycles. The van der Waals surface area contributed by atoms with Gasteiger partial charge in [-0.3, -0.25) is 9.48 Å². The van der Waals surface area contributed by atoms with Crippen molar-refractivity contribution in [3.8, 4) is 0 Å². The number of benzene rings is 1. The van der Waals surface area contributed by atoms with E-state index in [1.807, 2.05) is 42.8 Å². The van der Waals surface area contributed by atoms with E-state index in [0.29, 0.717) is 11.6 Å². The van der Waals surface area contributed by atoms with Crippen LogP contribution in [0.25, 0.3) is 0 Å². The maximum atomic E-state index is 12.6. The Morgan fingerprint density at radius 2 is 1.76 bits per heavy atom. The fraction of sp³-hybridized carbons (Fsp3) is 0.500. The van der Waals surface area contributed by atoms with Crippen LogP contribution in [0.4, 0.5) is 11.4 Å². The number of hydrogen-bond acceptors (Lipinski definition) is 3. The highest BCUT2D eigenvalue weighted by Gasteiger charge is 2.17. The molecule has 5 nitrogen and oxygen atoms in total. The molecule has 2 aromatic rings. The highest BCUT2D eigenvalue weighted by atomic mass is 16.1. The Morgan fingerprint density at radius 1 is 1.16 bits per heavy atom. The van der Waals surface area contributed by atoms with Gasteiger partial charge in [0, 0.05) is 29.9 Å². The van der Waals surface area contributed by atoms with Crippen LogP contribution in [0.3, 0.4) is 0 Å². The van der Waals surface area contributed by atoms with E-state index in [4.69, 9.17) is 0 Å². The zero-order valence-corrected chi connectivity index (χ0v) is 16.4. The van der Waals surface area contributed by atoms with E-state index >= 15 is 0 Å². The number of aryl methyl sites for hydroxylation is 1. The lowest BCUT2D eigenvalue weighted by Gasteiger charge is -2.27. The Morgan fingerprint density at radius 3 is 2.20 bits per heavy atom. The number of nitrogens with zero attached hydrogens (tertiary/aromatic N) is 3. The second-order valence-electron chi connectivity index (χ2n) is 6.96. The number of nitrogens with one attached hydrogen (secondary N) is 1. The smallest absolute Gasteiger partial charge is 0.255 e. The van der Waals surface area contributed by atoms with Gasteiger partial charge < -0.3 is 10.2 Å². The quantitative estimate of drug-likeness (QED) is 0.837. The summed E-state index contributed by atoms with van der Waals surface area (Å²) < 4.78 is 1.94. The van der Waals surface area contributed by atoms with Crippen LogP contribution in [0.1, 0.15) is 62.4 Å². The van der Waals surface area contributed by atoms with E-state index < -0.39 is 0 Å². The average Bonchev–Trinajstić information content (AvgIpc) is 2.84. The Balaban J connectivity index is 2.19. The molecule has 0 unspecified atom stereocenters. The van der Waals surface area contributed by atoms with E-state index in [1.165, 1.54) is 0 Å². The SMILES string of the molecule is CCN(c1ccc(C(=O)Nc2c(C)nn(C(C)C)c2C)cc1)C(C)C. The van der Waals surface area contributed by atoms with Crippen molar-refractivity contribution in [3.05, 3.63) is 41.2 Å². The van der Waals surface area contributed by atoms with Crippen LogP contribution in [0.2, 0.25) is 0 Å². The lowest BCUT2D eigenvalue weighted by molar-refractivity contribution is 0.102. The first-order valence-corrected chi connectivity index (χ1v) is 9.00. The van der Waals surface area contributed by atoms with Gasteiger partial charge in [0.15, 0.2) is 0 Å². The summed E-state index contributed by atoms with van der Waals surface area (Å²) in [6.07, 6.45) is 0. The van der Waals surface area contributed by atoms with Gasteiger partial charge in [0.1, 0.15) is 0 Å². The van der Waals surface area contributed by atoms with Gasteiger partial charge in [-0.2, -0.15) is 5.10 Å². The van der Waals surface area contributed by atoms with Crippen LogP contribution in [-0.4, -0.2) is 28.3 Å². The molecular weight excluding hydrogens is 312 g/mol. The molecule has 0 radical (unpaired) electrons. The third-order valence-corrected chi connectivity index (χ3v) is 4.48. The summed E-state index contributed by atoms with van der Waals surface area (Å²) in [4.78, 5) is 14.9. The molecule has 1 amide bonds. The van der Waals surface area contributed by atoms with E-state index in [0.717, 1.165) is 29.3 Å². The molecule has 25 heavy (non-hydrogen) atoms. The number of rotatable bonds is 6. The summed E-state index contributed by atoms with van der Waals surface area (Å²) in [5, 5.41) is 7.54. The number of carbonyl (C=O) groups excluding carboxylic acids is 1. The van der Waals surface area contributed by atoms with Crippen molar-refractivity contribution in [2.24, 2.45) is 0 Å². The first kappa shape index (κ1) is 19.0. The van der Waals surface area contributed by atoms with Crippen LogP contribution >= 0.6 is 0 Å². The zero-order valence-electron chi connectivity index (χ0n) is 16.4. The Bertz CT molecular complexity index is 729. The molecule has 0 aliphatic rings. The van der Waals surface area contributed by atoms with Gasteiger partial charge in [0.05, 0.1) is 17.1 Å². The van der Waals surface area contributed by atoms with Crippen molar-refractivity contribution in [2.45, 2.75) is 60.5 Å². The molecule has 0 atom stereocenters. The van der Waals surface area contributed by atoms with Crippen LogP contribution < -0.4 is 10.2 Å². The summed E-state index contributed by atoms with van der Waals surface area (Å²) in [6, 6.07) is 8.47. The van der Waals surface area contributed by atoms with Crippen molar-refractivity contribution in [1.82, 2.24) is 9.78 Å². The Kier molecular flexibility index (Phi) is 5.88. The summed E-state index contributed by atoms with van der Waals surface area (Å²) in [6.45, 7) is 15.5. The van der Waals surface area contributed by atoms with E-state index in [-0.39, 0.29) is 11.9 Å². The van der Waals surface area contributed by atoms with Crippen LogP contribution in [0.15, 0.2) is 24.3 Å².